The van der Waals surface area contributed by atoms with Crippen LogP contribution in [0, 0.1) is 17.5 Å². The van der Waals surface area contributed by atoms with E-state index in [1.165, 1.54) is 0 Å². The van der Waals surface area contributed by atoms with E-state index in [4.69, 9.17) is 11.6 Å². The van der Waals surface area contributed by atoms with Gasteiger partial charge in [-0.15, -0.1) is 0 Å². The molecule has 2 aromatic carbocycles. The van der Waals surface area contributed by atoms with E-state index in [9.17, 15) is 17.4 Å². The molecule has 0 bridgehead atoms. The smallest absolute Gasteiger partial charge is 0.194 e. The fourth-order valence-electron chi connectivity index (χ4n) is 1.93. The van der Waals surface area contributed by atoms with Crippen molar-refractivity contribution in [1.82, 2.24) is 0 Å². The van der Waals surface area contributed by atoms with Gasteiger partial charge in [0.25, 0.3) is 0 Å². The normalized spacial score (nSPS) is 12.2. The van der Waals surface area contributed by atoms with Gasteiger partial charge in [-0.25, -0.2) is 13.2 Å². The highest BCUT2D eigenvalue weighted by Crippen LogP contribution is 2.22. The van der Waals surface area contributed by atoms with E-state index in [0.717, 1.165) is 12.1 Å². The highest BCUT2D eigenvalue weighted by Gasteiger charge is 2.10. The molecule has 0 heterocycles. The van der Waals surface area contributed by atoms with E-state index in [1.54, 1.807) is 24.5 Å². The minimum atomic E-state index is -1.48. The SMILES string of the molecule is C[S@@](=O)Cc1cc(NCc2cc(F)c(F)c(F)c2)ccc1Cl. The van der Waals surface area contributed by atoms with Crippen LogP contribution < -0.4 is 5.32 Å². The van der Waals surface area contributed by atoms with E-state index in [0.29, 0.717) is 22.0 Å². The maximum atomic E-state index is 13.1. The van der Waals surface area contributed by atoms with Crippen molar-refractivity contribution in [2.24, 2.45) is 0 Å². The van der Waals surface area contributed by atoms with Crippen molar-refractivity contribution >= 4 is 28.1 Å². The van der Waals surface area contributed by atoms with Gasteiger partial charge in [0.15, 0.2) is 17.5 Å². The summed E-state index contributed by atoms with van der Waals surface area (Å²) in [6, 6.07) is 6.94. The summed E-state index contributed by atoms with van der Waals surface area (Å²) in [5.41, 5.74) is 1.64. The third-order valence-electron chi connectivity index (χ3n) is 2.94. The first-order valence-corrected chi connectivity index (χ1v) is 8.43. The molecule has 2 rings (SSSR count). The zero-order valence-corrected chi connectivity index (χ0v) is 13.2. The summed E-state index contributed by atoms with van der Waals surface area (Å²) in [4.78, 5) is 0. The highest BCUT2D eigenvalue weighted by atomic mass is 35.5. The molecule has 22 heavy (non-hydrogen) atoms. The molecule has 118 valence electrons. The lowest BCUT2D eigenvalue weighted by Crippen LogP contribution is -2.03. The molecule has 2 aromatic rings. The van der Waals surface area contributed by atoms with Crippen molar-refractivity contribution in [3.8, 4) is 0 Å². The van der Waals surface area contributed by atoms with Gasteiger partial charge in [0, 0.05) is 40.1 Å². The van der Waals surface area contributed by atoms with Crippen LogP contribution in [-0.2, 0) is 23.1 Å². The number of hydrogen-bond donors (Lipinski definition) is 1. The van der Waals surface area contributed by atoms with Crippen LogP contribution in [0.5, 0.6) is 0 Å². The number of rotatable bonds is 5. The highest BCUT2D eigenvalue weighted by molar-refractivity contribution is 7.83. The van der Waals surface area contributed by atoms with Crippen LogP contribution >= 0.6 is 11.6 Å². The molecule has 0 unspecified atom stereocenters. The van der Waals surface area contributed by atoms with Gasteiger partial charge < -0.3 is 5.32 Å². The summed E-state index contributed by atoms with van der Waals surface area (Å²) in [6.07, 6.45) is 1.57. The molecule has 0 spiro atoms. The second kappa shape index (κ2) is 7.15. The third-order valence-corrected chi connectivity index (χ3v) is 4.03. The maximum absolute atomic E-state index is 13.1. The Labute approximate surface area is 133 Å². The summed E-state index contributed by atoms with van der Waals surface area (Å²) < 4.78 is 50.4. The van der Waals surface area contributed by atoms with Crippen LogP contribution in [0.4, 0.5) is 18.9 Å². The minimum absolute atomic E-state index is 0.115. The third kappa shape index (κ3) is 4.24. The standard InChI is InChI=1S/C15H13ClF3NOS/c1-22(21)8-10-6-11(2-3-12(10)16)20-7-9-4-13(17)15(19)14(18)5-9/h2-6,20H,7-8H2,1H3/t22-/m1/s1. The Morgan fingerprint density at radius 3 is 2.36 bits per heavy atom. The topological polar surface area (TPSA) is 29.1 Å². The Hall–Kier alpha value is -1.53. The molecular weight excluding hydrogens is 335 g/mol. The van der Waals surface area contributed by atoms with Crippen LogP contribution in [0.1, 0.15) is 11.1 Å². The molecule has 0 aliphatic heterocycles. The average molecular weight is 348 g/mol. The molecule has 2 nitrogen and oxygen atoms in total. The molecule has 0 aliphatic rings. The van der Waals surface area contributed by atoms with Gasteiger partial charge >= 0.3 is 0 Å². The van der Waals surface area contributed by atoms with E-state index in [-0.39, 0.29) is 12.1 Å². The van der Waals surface area contributed by atoms with Crippen molar-refractivity contribution in [1.29, 1.82) is 0 Å². The Morgan fingerprint density at radius 2 is 1.77 bits per heavy atom. The van der Waals surface area contributed by atoms with Gasteiger partial charge in [0.05, 0.1) is 0 Å². The first kappa shape index (κ1) is 16.8. The van der Waals surface area contributed by atoms with Crippen LogP contribution in [0.2, 0.25) is 5.02 Å². The fraction of sp³-hybridized carbons (Fsp3) is 0.200. The molecule has 0 fully saturated rings. The Morgan fingerprint density at radius 1 is 1.14 bits per heavy atom. The largest absolute Gasteiger partial charge is 0.381 e. The predicted octanol–water partition coefficient (Wildman–Crippen LogP) is 4.25. The molecule has 1 N–H and O–H groups in total. The van der Waals surface area contributed by atoms with Crippen molar-refractivity contribution in [2.75, 3.05) is 11.6 Å². The van der Waals surface area contributed by atoms with Gasteiger partial charge in [-0.2, -0.15) is 0 Å². The molecular formula is C15H13ClF3NOS. The van der Waals surface area contributed by atoms with Crippen LogP contribution in [0.25, 0.3) is 0 Å². The zero-order chi connectivity index (χ0) is 16.3. The van der Waals surface area contributed by atoms with Crippen molar-refractivity contribution in [3.05, 3.63) is 63.9 Å². The van der Waals surface area contributed by atoms with E-state index in [1.807, 2.05) is 0 Å². The van der Waals surface area contributed by atoms with Crippen molar-refractivity contribution < 1.29 is 17.4 Å². The lowest BCUT2D eigenvalue weighted by Gasteiger charge is -2.10. The van der Waals surface area contributed by atoms with Gasteiger partial charge in [0.1, 0.15) is 0 Å². The second-order valence-corrected chi connectivity index (χ2v) is 6.59. The van der Waals surface area contributed by atoms with Crippen LogP contribution in [0.15, 0.2) is 30.3 Å². The molecule has 0 aromatic heterocycles. The number of anilines is 1. The van der Waals surface area contributed by atoms with Crippen molar-refractivity contribution in [3.63, 3.8) is 0 Å². The van der Waals surface area contributed by atoms with E-state index < -0.39 is 28.3 Å². The molecule has 7 heteroatoms. The molecule has 0 saturated heterocycles. The van der Waals surface area contributed by atoms with Crippen molar-refractivity contribution in [2.45, 2.75) is 12.3 Å². The summed E-state index contributed by atoms with van der Waals surface area (Å²) >= 11 is 6.01. The molecule has 0 radical (unpaired) electrons. The van der Waals surface area contributed by atoms with Gasteiger partial charge in [-0.05, 0) is 41.5 Å². The Kier molecular flexibility index (Phi) is 5.47. The van der Waals surface area contributed by atoms with Crippen LogP contribution in [0.3, 0.4) is 0 Å². The molecule has 0 saturated carbocycles. The van der Waals surface area contributed by atoms with Gasteiger partial charge in [-0.1, -0.05) is 11.6 Å². The zero-order valence-electron chi connectivity index (χ0n) is 11.6. The summed E-state index contributed by atoms with van der Waals surface area (Å²) in [5, 5.41) is 3.46. The number of nitrogens with one attached hydrogen (secondary N) is 1. The Bertz CT molecular complexity index is 701. The predicted molar refractivity (Wildman–Crippen MR) is 82.9 cm³/mol. The van der Waals surface area contributed by atoms with E-state index >= 15 is 0 Å². The first-order valence-electron chi connectivity index (χ1n) is 6.32. The monoisotopic (exact) mass is 347 g/mol. The quantitative estimate of drug-likeness (QED) is 0.819. The van der Waals surface area contributed by atoms with Gasteiger partial charge in [0.2, 0.25) is 0 Å². The minimum Gasteiger partial charge on any atom is -0.381 e. The average Bonchev–Trinajstić information content (AvgIpc) is 2.45. The summed E-state index contributed by atoms with van der Waals surface area (Å²) in [6.45, 7) is 0.115. The van der Waals surface area contributed by atoms with E-state index in [2.05, 4.69) is 5.32 Å². The maximum Gasteiger partial charge on any atom is 0.194 e. The van der Waals surface area contributed by atoms with Crippen LogP contribution in [-0.4, -0.2) is 10.5 Å². The second-order valence-electron chi connectivity index (χ2n) is 4.75. The lowest BCUT2D eigenvalue weighted by atomic mass is 10.2. The van der Waals surface area contributed by atoms with Gasteiger partial charge in [-0.3, -0.25) is 4.21 Å². The molecule has 0 aliphatic carbocycles. The fourth-order valence-corrected chi connectivity index (χ4v) is 2.87. The number of benzene rings is 2. The molecule has 0 amide bonds. The first-order chi connectivity index (χ1) is 10.4. The number of hydrogen-bond acceptors (Lipinski definition) is 2. The summed E-state index contributed by atoms with van der Waals surface area (Å²) in [5.74, 6) is -3.62. The lowest BCUT2D eigenvalue weighted by molar-refractivity contribution is 0.445. The number of halogens is 4. The Balaban J connectivity index is 2.13. The summed E-state index contributed by atoms with van der Waals surface area (Å²) in [7, 11) is -1.04. The molecule has 1 atom stereocenters.